The monoisotopic (exact) mass is 410 g/mol. The van der Waals surface area contributed by atoms with Gasteiger partial charge in [-0.05, 0) is 30.7 Å². The maximum absolute atomic E-state index is 14.2. The fourth-order valence-corrected chi connectivity index (χ4v) is 2.60. The lowest BCUT2D eigenvalue weighted by Gasteiger charge is -2.32. The number of aryl methyl sites for hydroxylation is 1. The van der Waals surface area contributed by atoms with E-state index in [2.05, 4.69) is 4.74 Å². The van der Waals surface area contributed by atoms with Crippen LogP contribution in [0.1, 0.15) is 23.0 Å². The maximum Gasteiger partial charge on any atom is 0.386 e. The van der Waals surface area contributed by atoms with Crippen molar-refractivity contribution in [3.63, 3.8) is 0 Å². The molecule has 0 bridgehead atoms. The molecule has 2 aromatic carbocycles. The van der Waals surface area contributed by atoms with E-state index >= 15 is 0 Å². The van der Waals surface area contributed by atoms with Crippen LogP contribution < -0.4 is 0 Å². The van der Waals surface area contributed by atoms with Crippen LogP contribution in [-0.4, -0.2) is 19.3 Å². The molecule has 1 saturated heterocycles. The van der Waals surface area contributed by atoms with Crippen LogP contribution >= 0.6 is 0 Å². The van der Waals surface area contributed by atoms with Crippen LogP contribution in [0.15, 0.2) is 24.3 Å². The first-order chi connectivity index (χ1) is 13.1. The number of hydrogen-bond acceptors (Lipinski definition) is 3. The van der Waals surface area contributed by atoms with Gasteiger partial charge in [-0.3, -0.25) is 0 Å². The van der Waals surface area contributed by atoms with Gasteiger partial charge in [0, 0.05) is 5.56 Å². The second kappa shape index (κ2) is 7.69. The lowest BCUT2D eigenvalue weighted by Crippen LogP contribution is -2.38. The molecule has 28 heavy (non-hydrogen) atoms. The normalized spacial score (nSPS) is 20.4. The highest BCUT2D eigenvalue weighted by Gasteiger charge is 2.41. The van der Waals surface area contributed by atoms with Crippen molar-refractivity contribution in [2.45, 2.75) is 25.4 Å². The van der Waals surface area contributed by atoms with E-state index < -0.39 is 66.4 Å². The van der Waals surface area contributed by atoms with Gasteiger partial charge in [0.15, 0.2) is 35.4 Å². The average Bonchev–Trinajstić information content (AvgIpc) is 2.64. The summed E-state index contributed by atoms with van der Waals surface area (Å²) in [6.45, 7) is 0.207. The highest BCUT2D eigenvalue weighted by atomic mass is 19.3. The van der Waals surface area contributed by atoms with Crippen molar-refractivity contribution in [3.8, 4) is 0 Å². The van der Waals surface area contributed by atoms with Gasteiger partial charge in [-0.25, -0.2) is 22.0 Å². The van der Waals surface area contributed by atoms with Crippen LogP contribution in [0.25, 0.3) is 0 Å². The van der Waals surface area contributed by atoms with Crippen molar-refractivity contribution in [2.24, 2.45) is 0 Å². The summed E-state index contributed by atoms with van der Waals surface area (Å²) in [4.78, 5) is 0. The largest absolute Gasteiger partial charge is 0.386 e. The predicted octanol–water partition coefficient (Wildman–Crippen LogP) is 4.87. The van der Waals surface area contributed by atoms with Crippen LogP contribution in [-0.2, 0) is 20.3 Å². The molecule has 1 aliphatic heterocycles. The quantitative estimate of drug-likeness (QED) is 0.532. The Hall–Kier alpha value is -2.17. The van der Waals surface area contributed by atoms with Crippen molar-refractivity contribution in [2.75, 3.05) is 13.2 Å². The van der Waals surface area contributed by atoms with Crippen LogP contribution in [0.5, 0.6) is 0 Å². The summed E-state index contributed by atoms with van der Waals surface area (Å²) >= 11 is 0. The Morgan fingerprint density at radius 2 is 1.46 bits per heavy atom. The van der Waals surface area contributed by atoms with E-state index in [0.717, 1.165) is 6.07 Å². The minimum atomic E-state index is -4.18. The second-order valence-electron chi connectivity index (χ2n) is 6.11. The molecule has 1 heterocycles. The minimum Gasteiger partial charge on any atom is -0.346 e. The van der Waals surface area contributed by atoms with Gasteiger partial charge < -0.3 is 14.2 Å². The molecular formula is C18H13F7O3. The van der Waals surface area contributed by atoms with Crippen molar-refractivity contribution >= 4 is 0 Å². The zero-order chi connectivity index (χ0) is 20.6. The summed E-state index contributed by atoms with van der Waals surface area (Å²) in [5.74, 6) is -7.77. The van der Waals surface area contributed by atoms with E-state index in [1.807, 2.05) is 0 Å². The molecule has 0 saturated carbocycles. The average molecular weight is 410 g/mol. The molecule has 0 aromatic heterocycles. The lowest BCUT2D eigenvalue weighted by atomic mass is 10.1. The zero-order valence-corrected chi connectivity index (χ0v) is 14.2. The van der Waals surface area contributed by atoms with Crippen LogP contribution in [0.3, 0.4) is 0 Å². The Bertz CT molecular complexity index is 857. The second-order valence-corrected chi connectivity index (χ2v) is 6.11. The first-order valence-electron chi connectivity index (χ1n) is 7.98. The molecule has 152 valence electrons. The Morgan fingerprint density at radius 1 is 0.893 bits per heavy atom. The summed E-state index contributed by atoms with van der Waals surface area (Å²) < 4.78 is 110. The van der Waals surface area contributed by atoms with Crippen LogP contribution in [0, 0.1) is 36.0 Å². The summed E-state index contributed by atoms with van der Waals surface area (Å²) in [6.07, 6.45) is -6.91. The summed E-state index contributed by atoms with van der Waals surface area (Å²) in [5.41, 5.74) is -1.64. The van der Waals surface area contributed by atoms with Crippen molar-refractivity contribution < 1.29 is 44.9 Å². The number of alkyl halides is 2. The number of hydrogen-bond donors (Lipinski definition) is 0. The topological polar surface area (TPSA) is 27.7 Å². The Morgan fingerprint density at radius 3 is 2.04 bits per heavy atom. The molecule has 0 amide bonds. The third-order valence-electron chi connectivity index (χ3n) is 4.05. The molecule has 0 atom stereocenters. The molecule has 1 aliphatic rings. The van der Waals surface area contributed by atoms with Gasteiger partial charge in [0.05, 0.1) is 18.8 Å². The number of ether oxygens (including phenoxy) is 3. The fourth-order valence-electron chi connectivity index (χ4n) is 2.60. The van der Waals surface area contributed by atoms with E-state index in [1.165, 1.54) is 6.92 Å². The lowest BCUT2D eigenvalue weighted by molar-refractivity contribution is -0.321. The Labute approximate surface area is 154 Å². The van der Waals surface area contributed by atoms with Gasteiger partial charge in [-0.15, -0.1) is 0 Å². The van der Waals surface area contributed by atoms with Gasteiger partial charge >= 0.3 is 6.11 Å². The molecule has 0 spiro atoms. The van der Waals surface area contributed by atoms with E-state index in [-0.39, 0.29) is 11.1 Å². The standard InChI is InChI=1S/C18H13F7O3/c1-8-2-3-11(15(22)14(8)21)18(24,25)28-10-6-26-17(27-7-10)9-4-12(19)16(23)13(20)5-9/h2-5,10,17H,6-7H2,1H3. The van der Waals surface area contributed by atoms with E-state index in [4.69, 9.17) is 9.47 Å². The molecule has 0 unspecified atom stereocenters. The van der Waals surface area contributed by atoms with Gasteiger partial charge in [-0.2, -0.15) is 8.78 Å². The van der Waals surface area contributed by atoms with Crippen molar-refractivity contribution in [1.29, 1.82) is 0 Å². The van der Waals surface area contributed by atoms with Gasteiger partial charge in [0.25, 0.3) is 0 Å². The van der Waals surface area contributed by atoms with Gasteiger partial charge in [-0.1, -0.05) is 6.07 Å². The third kappa shape index (κ3) is 3.98. The summed E-state index contributed by atoms with van der Waals surface area (Å²) in [5, 5.41) is 0. The number of benzene rings is 2. The molecule has 3 rings (SSSR count). The highest BCUT2D eigenvalue weighted by Crippen LogP contribution is 2.36. The highest BCUT2D eigenvalue weighted by molar-refractivity contribution is 5.27. The van der Waals surface area contributed by atoms with Gasteiger partial charge in [0.1, 0.15) is 6.10 Å². The van der Waals surface area contributed by atoms with Gasteiger partial charge in [0.2, 0.25) is 0 Å². The fraction of sp³-hybridized carbons (Fsp3) is 0.333. The number of halogens is 7. The number of rotatable bonds is 4. The van der Waals surface area contributed by atoms with Crippen LogP contribution in [0.2, 0.25) is 0 Å². The van der Waals surface area contributed by atoms with E-state index in [1.54, 1.807) is 0 Å². The summed E-state index contributed by atoms with van der Waals surface area (Å²) in [7, 11) is 0. The molecule has 3 nitrogen and oxygen atoms in total. The predicted molar refractivity (Wildman–Crippen MR) is 80.8 cm³/mol. The molecule has 2 aromatic rings. The van der Waals surface area contributed by atoms with Crippen LogP contribution in [0.4, 0.5) is 30.7 Å². The molecule has 0 aliphatic carbocycles. The zero-order valence-electron chi connectivity index (χ0n) is 14.2. The molecule has 0 radical (unpaired) electrons. The Kier molecular flexibility index (Phi) is 5.64. The van der Waals surface area contributed by atoms with E-state index in [9.17, 15) is 30.7 Å². The molecular weight excluding hydrogens is 397 g/mol. The first-order valence-corrected chi connectivity index (χ1v) is 7.98. The molecule has 10 heteroatoms. The smallest absolute Gasteiger partial charge is 0.346 e. The first kappa shape index (κ1) is 20.6. The molecule has 1 fully saturated rings. The SMILES string of the molecule is Cc1ccc(C(F)(F)OC2COC(c3cc(F)c(F)c(F)c3)OC2)c(F)c1F. The van der Waals surface area contributed by atoms with Crippen molar-refractivity contribution in [1.82, 2.24) is 0 Å². The Balaban J connectivity index is 1.68. The summed E-state index contributed by atoms with van der Waals surface area (Å²) in [6, 6.07) is 2.96. The molecule has 0 N–H and O–H groups in total. The third-order valence-corrected chi connectivity index (χ3v) is 4.05. The van der Waals surface area contributed by atoms with E-state index in [0.29, 0.717) is 18.2 Å². The van der Waals surface area contributed by atoms with Crippen molar-refractivity contribution in [3.05, 3.63) is 70.0 Å². The maximum atomic E-state index is 14.2. The minimum absolute atomic E-state index is 0.150.